The fourth-order valence-corrected chi connectivity index (χ4v) is 4.12. The third-order valence-electron chi connectivity index (χ3n) is 5.75. The molecule has 0 unspecified atom stereocenters. The maximum absolute atomic E-state index is 5.96. The summed E-state index contributed by atoms with van der Waals surface area (Å²) in [7, 11) is 0. The van der Waals surface area contributed by atoms with Crippen LogP contribution in [0.4, 0.5) is 0 Å². The number of fused-ring (bicyclic) bond motifs is 1. The number of halogens is 1. The SMILES string of the molecule is Clc1ccc(-c2ccc(C#Cc3ccc4c(c3)ncn4CCN3CCCC3)nc2)cc1. The summed E-state index contributed by atoms with van der Waals surface area (Å²) >= 11 is 5.96. The fourth-order valence-electron chi connectivity index (χ4n) is 3.99. The molecule has 0 bridgehead atoms. The molecule has 0 saturated carbocycles. The van der Waals surface area contributed by atoms with Crippen LogP contribution in [0.1, 0.15) is 24.1 Å². The molecule has 1 saturated heterocycles. The van der Waals surface area contributed by atoms with Gasteiger partial charge in [-0.05, 0) is 73.8 Å². The van der Waals surface area contributed by atoms with E-state index in [1.54, 1.807) is 0 Å². The van der Waals surface area contributed by atoms with Crippen molar-refractivity contribution in [1.29, 1.82) is 0 Å². The van der Waals surface area contributed by atoms with Gasteiger partial charge in [-0.3, -0.25) is 0 Å². The van der Waals surface area contributed by atoms with Crippen LogP contribution in [-0.4, -0.2) is 39.1 Å². The number of imidazole rings is 1. The highest BCUT2D eigenvalue weighted by atomic mass is 35.5. The standard InChI is InChI=1S/C26H23ClN4/c27-23-8-5-21(6-9-23)22-7-11-24(28-18-22)10-3-20-4-12-26-25(17-20)29-19-31(26)16-15-30-13-1-2-14-30/h4-9,11-12,17-19H,1-2,13-16H2. The lowest BCUT2D eigenvalue weighted by Crippen LogP contribution is -2.23. The third-order valence-corrected chi connectivity index (χ3v) is 6.00. The Kier molecular flexibility index (Phi) is 5.71. The van der Waals surface area contributed by atoms with Crippen LogP contribution < -0.4 is 0 Å². The molecule has 1 fully saturated rings. The lowest BCUT2D eigenvalue weighted by Gasteiger charge is -2.14. The quantitative estimate of drug-likeness (QED) is 0.418. The summed E-state index contributed by atoms with van der Waals surface area (Å²) in [6.45, 7) is 4.51. The number of likely N-dealkylation sites (tertiary alicyclic amines) is 1. The molecular weight excluding hydrogens is 404 g/mol. The molecule has 0 atom stereocenters. The van der Waals surface area contributed by atoms with Crippen LogP contribution in [-0.2, 0) is 6.54 Å². The number of rotatable bonds is 4. The van der Waals surface area contributed by atoms with Crippen molar-refractivity contribution >= 4 is 22.6 Å². The largest absolute Gasteiger partial charge is 0.329 e. The average molecular weight is 427 g/mol. The van der Waals surface area contributed by atoms with Crippen LogP contribution in [0.15, 0.2) is 67.1 Å². The van der Waals surface area contributed by atoms with Crippen molar-refractivity contribution in [2.45, 2.75) is 19.4 Å². The first-order chi connectivity index (χ1) is 15.2. The summed E-state index contributed by atoms with van der Waals surface area (Å²) in [5.41, 5.74) is 5.97. The van der Waals surface area contributed by atoms with E-state index in [0.29, 0.717) is 0 Å². The van der Waals surface area contributed by atoms with E-state index in [2.05, 4.69) is 49.5 Å². The van der Waals surface area contributed by atoms with Gasteiger partial charge in [0.15, 0.2) is 0 Å². The number of nitrogens with zero attached hydrogens (tertiary/aromatic N) is 4. The molecule has 154 valence electrons. The van der Waals surface area contributed by atoms with Crippen LogP contribution >= 0.6 is 11.6 Å². The molecule has 1 aliphatic rings. The van der Waals surface area contributed by atoms with Gasteiger partial charge in [0.05, 0.1) is 17.4 Å². The van der Waals surface area contributed by atoms with Gasteiger partial charge in [-0.15, -0.1) is 0 Å². The first-order valence-electron chi connectivity index (χ1n) is 10.7. The molecule has 5 rings (SSSR count). The van der Waals surface area contributed by atoms with Crippen LogP contribution in [0.5, 0.6) is 0 Å². The van der Waals surface area contributed by atoms with E-state index in [4.69, 9.17) is 11.6 Å². The average Bonchev–Trinajstić information content (AvgIpc) is 3.47. The molecule has 4 nitrogen and oxygen atoms in total. The Hall–Kier alpha value is -3.13. The number of hydrogen-bond acceptors (Lipinski definition) is 3. The van der Waals surface area contributed by atoms with E-state index in [1.165, 1.54) is 25.9 Å². The van der Waals surface area contributed by atoms with Crippen LogP contribution in [0, 0.1) is 11.8 Å². The molecule has 0 spiro atoms. The summed E-state index contributed by atoms with van der Waals surface area (Å²) in [6.07, 6.45) is 6.43. The Bertz CT molecular complexity index is 1240. The topological polar surface area (TPSA) is 34.0 Å². The predicted molar refractivity (Wildman–Crippen MR) is 126 cm³/mol. The molecule has 3 heterocycles. The zero-order valence-electron chi connectivity index (χ0n) is 17.3. The normalized spacial score (nSPS) is 14.0. The lowest BCUT2D eigenvalue weighted by atomic mass is 10.1. The lowest BCUT2D eigenvalue weighted by molar-refractivity contribution is 0.324. The highest BCUT2D eigenvalue weighted by molar-refractivity contribution is 6.30. The van der Waals surface area contributed by atoms with E-state index in [9.17, 15) is 0 Å². The zero-order chi connectivity index (χ0) is 21.0. The predicted octanol–water partition coefficient (Wildman–Crippen LogP) is 5.25. The Balaban J connectivity index is 1.29. The Labute approximate surface area is 187 Å². The minimum Gasteiger partial charge on any atom is -0.329 e. The van der Waals surface area contributed by atoms with E-state index in [0.717, 1.165) is 51.5 Å². The monoisotopic (exact) mass is 426 g/mol. The van der Waals surface area contributed by atoms with Gasteiger partial charge in [0.1, 0.15) is 5.69 Å². The van der Waals surface area contributed by atoms with Gasteiger partial charge in [-0.1, -0.05) is 35.7 Å². The Morgan fingerprint density at radius 2 is 1.65 bits per heavy atom. The van der Waals surface area contributed by atoms with Crippen molar-refractivity contribution in [3.8, 4) is 23.0 Å². The van der Waals surface area contributed by atoms with Gasteiger partial charge in [0.2, 0.25) is 0 Å². The van der Waals surface area contributed by atoms with Crippen LogP contribution in [0.2, 0.25) is 5.02 Å². The van der Waals surface area contributed by atoms with Crippen LogP contribution in [0.3, 0.4) is 0 Å². The van der Waals surface area contributed by atoms with E-state index < -0.39 is 0 Å². The summed E-state index contributed by atoms with van der Waals surface area (Å²) in [6, 6.07) is 18.0. The summed E-state index contributed by atoms with van der Waals surface area (Å²) in [5.74, 6) is 6.38. The second-order valence-electron chi connectivity index (χ2n) is 7.88. The summed E-state index contributed by atoms with van der Waals surface area (Å²) in [4.78, 5) is 11.6. The first-order valence-corrected chi connectivity index (χ1v) is 11.0. The van der Waals surface area contributed by atoms with Crippen molar-refractivity contribution in [2.75, 3.05) is 19.6 Å². The zero-order valence-corrected chi connectivity index (χ0v) is 18.0. The minimum atomic E-state index is 0.729. The van der Waals surface area contributed by atoms with Gasteiger partial charge < -0.3 is 9.47 Å². The molecule has 2 aromatic carbocycles. The molecule has 5 heteroatoms. The van der Waals surface area contributed by atoms with Crippen molar-refractivity contribution in [1.82, 2.24) is 19.4 Å². The molecule has 0 N–H and O–H groups in total. The highest BCUT2D eigenvalue weighted by Gasteiger charge is 2.11. The molecule has 2 aromatic heterocycles. The van der Waals surface area contributed by atoms with Gasteiger partial charge in [0, 0.05) is 35.4 Å². The number of hydrogen-bond donors (Lipinski definition) is 0. The second-order valence-corrected chi connectivity index (χ2v) is 8.32. The fraction of sp³-hybridized carbons (Fsp3) is 0.231. The van der Waals surface area contributed by atoms with E-state index in [-0.39, 0.29) is 0 Å². The maximum atomic E-state index is 5.96. The van der Waals surface area contributed by atoms with Gasteiger partial charge >= 0.3 is 0 Å². The van der Waals surface area contributed by atoms with Crippen molar-refractivity contribution in [3.63, 3.8) is 0 Å². The second kappa shape index (κ2) is 8.93. The Morgan fingerprint density at radius 1 is 0.839 bits per heavy atom. The molecule has 0 aliphatic carbocycles. The molecule has 1 aliphatic heterocycles. The molecular formula is C26H23ClN4. The maximum Gasteiger partial charge on any atom is 0.113 e. The molecule has 0 amide bonds. The van der Waals surface area contributed by atoms with Gasteiger partial charge in [0.25, 0.3) is 0 Å². The van der Waals surface area contributed by atoms with E-state index >= 15 is 0 Å². The van der Waals surface area contributed by atoms with E-state index in [1.807, 2.05) is 48.9 Å². The first kappa shape index (κ1) is 19.8. The summed E-state index contributed by atoms with van der Waals surface area (Å²) < 4.78 is 2.24. The number of benzene rings is 2. The van der Waals surface area contributed by atoms with Crippen LogP contribution in [0.25, 0.3) is 22.2 Å². The number of aromatic nitrogens is 3. The van der Waals surface area contributed by atoms with Gasteiger partial charge in [-0.2, -0.15) is 0 Å². The molecule has 0 radical (unpaired) electrons. The van der Waals surface area contributed by atoms with Crippen molar-refractivity contribution in [2.24, 2.45) is 0 Å². The van der Waals surface area contributed by atoms with Gasteiger partial charge in [-0.25, -0.2) is 9.97 Å². The molecule has 31 heavy (non-hydrogen) atoms. The summed E-state index contributed by atoms with van der Waals surface area (Å²) in [5, 5.41) is 0.729. The van der Waals surface area contributed by atoms with Crippen molar-refractivity contribution < 1.29 is 0 Å². The number of pyridine rings is 1. The smallest absolute Gasteiger partial charge is 0.113 e. The van der Waals surface area contributed by atoms with Crippen molar-refractivity contribution in [3.05, 3.63) is 83.4 Å². The molecule has 4 aromatic rings. The minimum absolute atomic E-state index is 0.729. The Morgan fingerprint density at radius 3 is 2.42 bits per heavy atom. The highest BCUT2D eigenvalue weighted by Crippen LogP contribution is 2.21. The third kappa shape index (κ3) is 4.64.